The largest absolute Gasteiger partial charge is 0.480 e. The molecule has 116 valence electrons. The lowest BCUT2D eigenvalue weighted by molar-refractivity contribution is -0.153. The highest BCUT2D eigenvalue weighted by Gasteiger charge is 2.42. The summed E-state index contributed by atoms with van der Waals surface area (Å²) in [6, 6.07) is 5.35. The fourth-order valence-electron chi connectivity index (χ4n) is 2.81. The van der Waals surface area contributed by atoms with Crippen LogP contribution in [0, 0.1) is 0 Å². The van der Waals surface area contributed by atoms with Gasteiger partial charge in [-0.3, -0.25) is 9.69 Å². The molecule has 2 rings (SSSR count). The topological polar surface area (TPSA) is 40.5 Å². The van der Waals surface area contributed by atoms with E-state index in [0.29, 0.717) is 13.0 Å². The summed E-state index contributed by atoms with van der Waals surface area (Å²) in [4.78, 5) is 13.1. The van der Waals surface area contributed by atoms with Crippen LogP contribution in [0.5, 0.6) is 0 Å². The predicted octanol–water partition coefficient (Wildman–Crippen LogP) is 3.53. The van der Waals surface area contributed by atoms with E-state index in [4.69, 9.17) is 0 Å². The molecule has 3 nitrogen and oxygen atoms in total. The Hall–Kier alpha value is -1.56. The molecule has 0 aliphatic carbocycles. The van der Waals surface area contributed by atoms with Gasteiger partial charge in [-0.2, -0.15) is 13.2 Å². The van der Waals surface area contributed by atoms with Crippen LogP contribution < -0.4 is 0 Å². The van der Waals surface area contributed by atoms with E-state index in [1.165, 1.54) is 12.1 Å². The van der Waals surface area contributed by atoms with Crippen molar-refractivity contribution in [2.75, 3.05) is 6.54 Å². The van der Waals surface area contributed by atoms with Gasteiger partial charge < -0.3 is 5.11 Å². The Labute approximate surface area is 121 Å². The average molecular weight is 301 g/mol. The van der Waals surface area contributed by atoms with Crippen molar-refractivity contribution in [3.8, 4) is 0 Å². The van der Waals surface area contributed by atoms with Crippen molar-refractivity contribution in [2.24, 2.45) is 0 Å². The Balaban J connectivity index is 2.31. The minimum atomic E-state index is -4.42. The summed E-state index contributed by atoms with van der Waals surface area (Å²) in [7, 11) is 0. The number of hydrogen-bond acceptors (Lipinski definition) is 2. The summed E-state index contributed by atoms with van der Waals surface area (Å²) in [6.07, 6.45) is -2.39. The standard InChI is InChI=1S/C15H18F3NO2/c1-14(13(20)21)8-4-5-9-19(14)10-11-6-2-3-7-12(11)15(16,17)18/h2-3,6-7H,4-5,8-10H2,1H3,(H,20,21). The van der Waals surface area contributed by atoms with Crippen LogP contribution in [-0.2, 0) is 17.5 Å². The van der Waals surface area contributed by atoms with Crippen molar-refractivity contribution < 1.29 is 23.1 Å². The Morgan fingerprint density at radius 2 is 2.00 bits per heavy atom. The molecule has 21 heavy (non-hydrogen) atoms. The molecule has 1 unspecified atom stereocenters. The number of piperidine rings is 1. The second-order valence-corrected chi connectivity index (χ2v) is 5.61. The number of nitrogens with zero attached hydrogens (tertiary/aromatic N) is 1. The lowest BCUT2D eigenvalue weighted by Gasteiger charge is -2.42. The van der Waals surface area contributed by atoms with Crippen LogP contribution in [0.25, 0.3) is 0 Å². The van der Waals surface area contributed by atoms with Crippen LogP contribution in [-0.4, -0.2) is 28.1 Å². The monoisotopic (exact) mass is 301 g/mol. The third-order valence-corrected chi connectivity index (χ3v) is 4.18. The highest BCUT2D eigenvalue weighted by Crippen LogP contribution is 2.35. The first-order valence-electron chi connectivity index (χ1n) is 6.89. The van der Waals surface area contributed by atoms with E-state index >= 15 is 0 Å². The van der Waals surface area contributed by atoms with Gasteiger partial charge in [0.1, 0.15) is 5.54 Å². The molecule has 1 N–H and O–H groups in total. The van der Waals surface area contributed by atoms with Crippen molar-refractivity contribution in [3.63, 3.8) is 0 Å². The van der Waals surface area contributed by atoms with Gasteiger partial charge in [-0.05, 0) is 44.4 Å². The molecule has 1 aromatic rings. The quantitative estimate of drug-likeness (QED) is 0.928. The Morgan fingerprint density at radius 1 is 1.33 bits per heavy atom. The molecule has 1 aliphatic heterocycles. The van der Waals surface area contributed by atoms with Crippen LogP contribution >= 0.6 is 0 Å². The zero-order valence-corrected chi connectivity index (χ0v) is 11.8. The van der Waals surface area contributed by atoms with Gasteiger partial charge in [0, 0.05) is 6.54 Å². The normalized spacial score (nSPS) is 24.0. The molecular formula is C15H18F3NO2. The van der Waals surface area contributed by atoms with E-state index in [2.05, 4.69) is 0 Å². The number of rotatable bonds is 3. The summed E-state index contributed by atoms with van der Waals surface area (Å²) >= 11 is 0. The Morgan fingerprint density at radius 3 is 2.62 bits per heavy atom. The Kier molecular flexibility index (Phi) is 4.27. The highest BCUT2D eigenvalue weighted by atomic mass is 19.4. The van der Waals surface area contributed by atoms with Crippen LogP contribution in [0.2, 0.25) is 0 Å². The van der Waals surface area contributed by atoms with Gasteiger partial charge >= 0.3 is 12.1 Å². The summed E-state index contributed by atoms with van der Waals surface area (Å²) < 4.78 is 39.1. The van der Waals surface area contributed by atoms with Gasteiger partial charge in [0.05, 0.1) is 5.56 Å². The lowest BCUT2D eigenvalue weighted by Crippen LogP contribution is -2.54. The molecule has 6 heteroatoms. The summed E-state index contributed by atoms with van der Waals surface area (Å²) in [5.41, 5.74) is -1.67. The summed E-state index contributed by atoms with van der Waals surface area (Å²) in [6.45, 7) is 2.08. The second kappa shape index (κ2) is 5.67. The summed E-state index contributed by atoms with van der Waals surface area (Å²) in [5, 5.41) is 9.41. The fraction of sp³-hybridized carbons (Fsp3) is 0.533. The van der Waals surface area contributed by atoms with Crippen LogP contribution in [0.3, 0.4) is 0 Å². The van der Waals surface area contributed by atoms with Gasteiger partial charge in [-0.1, -0.05) is 18.2 Å². The van der Waals surface area contributed by atoms with E-state index in [0.717, 1.165) is 18.9 Å². The van der Waals surface area contributed by atoms with Gasteiger partial charge in [-0.15, -0.1) is 0 Å². The third-order valence-electron chi connectivity index (χ3n) is 4.18. The SMILES string of the molecule is CC1(C(=O)O)CCCCN1Cc1ccccc1C(F)(F)F. The maximum Gasteiger partial charge on any atom is 0.416 e. The molecule has 0 aromatic heterocycles. The van der Waals surface area contributed by atoms with Crippen LogP contribution in [0.4, 0.5) is 13.2 Å². The molecule has 0 radical (unpaired) electrons. The van der Waals surface area contributed by atoms with Crippen molar-refractivity contribution in [1.29, 1.82) is 0 Å². The van der Waals surface area contributed by atoms with Crippen molar-refractivity contribution in [2.45, 2.75) is 44.4 Å². The minimum Gasteiger partial charge on any atom is -0.480 e. The molecular weight excluding hydrogens is 283 g/mol. The number of alkyl halides is 3. The molecule has 1 aliphatic rings. The van der Waals surface area contributed by atoms with E-state index in [1.807, 2.05) is 0 Å². The molecule has 0 saturated carbocycles. The molecule has 0 amide bonds. The van der Waals surface area contributed by atoms with Crippen molar-refractivity contribution in [1.82, 2.24) is 4.90 Å². The first kappa shape index (κ1) is 15.8. The van der Waals surface area contributed by atoms with Crippen molar-refractivity contribution in [3.05, 3.63) is 35.4 Å². The average Bonchev–Trinajstić information content (AvgIpc) is 2.41. The molecule has 1 atom stereocenters. The number of halogens is 3. The van der Waals surface area contributed by atoms with Crippen LogP contribution in [0.1, 0.15) is 37.3 Å². The number of carboxylic acid groups (broad SMARTS) is 1. The van der Waals surface area contributed by atoms with E-state index in [-0.39, 0.29) is 12.1 Å². The molecule has 1 heterocycles. The van der Waals surface area contributed by atoms with E-state index in [9.17, 15) is 23.1 Å². The first-order chi connectivity index (χ1) is 9.75. The maximum atomic E-state index is 13.0. The molecule has 0 bridgehead atoms. The van der Waals surface area contributed by atoms with Gasteiger partial charge in [0.2, 0.25) is 0 Å². The van der Waals surface area contributed by atoms with Crippen molar-refractivity contribution >= 4 is 5.97 Å². The first-order valence-corrected chi connectivity index (χ1v) is 6.89. The van der Waals surface area contributed by atoms with E-state index in [1.54, 1.807) is 17.9 Å². The minimum absolute atomic E-state index is 0.00150. The van der Waals surface area contributed by atoms with Gasteiger partial charge in [0.25, 0.3) is 0 Å². The molecule has 1 aromatic carbocycles. The van der Waals surface area contributed by atoms with Crippen LogP contribution in [0.15, 0.2) is 24.3 Å². The molecule has 0 spiro atoms. The summed E-state index contributed by atoms with van der Waals surface area (Å²) in [5.74, 6) is -0.980. The predicted molar refractivity (Wildman–Crippen MR) is 71.7 cm³/mol. The Bertz CT molecular complexity index is 530. The zero-order chi connectivity index (χ0) is 15.7. The number of carboxylic acids is 1. The number of carbonyl (C=O) groups is 1. The smallest absolute Gasteiger partial charge is 0.416 e. The zero-order valence-electron chi connectivity index (χ0n) is 11.8. The van der Waals surface area contributed by atoms with Gasteiger partial charge in [-0.25, -0.2) is 0 Å². The second-order valence-electron chi connectivity index (χ2n) is 5.61. The number of likely N-dealkylation sites (tertiary alicyclic amines) is 1. The van der Waals surface area contributed by atoms with E-state index < -0.39 is 23.2 Å². The number of hydrogen-bond donors (Lipinski definition) is 1. The highest BCUT2D eigenvalue weighted by molar-refractivity contribution is 5.78. The maximum absolute atomic E-state index is 13.0. The molecule has 1 saturated heterocycles. The van der Waals surface area contributed by atoms with Gasteiger partial charge in [0.15, 0.2) is 0 Å². The number of aliphatic carboxylic acids is 1. The third kappa shape index (κ3) is 3.20. The number of benzene rings is 1. The molecule has 1 fully saturated rings. The lowest BCUT2D eigenvalue weighted by atomic mass is 9.87. The fourth-order valence-corrected chi connectivity index (χ4v) is 2.81.